The lowest BCUT2D eigenvalue weighted by Gasteiger charge is -2.22. The molecule has 0 saturated heterocycles. The highest BCUT2D eigenvalue weighted by molar-refractivity contribution is 5.93. The number of ether oxygens (including phenoxy) is 1. The van der Waals surface area contributed by atoms with Crippen LogP contribution in [0.1, 0.15) is 49.1 Å². The van der Waals surface area contributed by atoms with Crippen LogP contribution in [0.4, 0.5) is 5.69 Å². The van der Waals surface area contributed by atoms with Crippen LogP contribution in [-0.4, -0.2) is 12.5 Å². The zero-order valence-corrected chi connectivity index (χ0v) is 14.2. The Hall–Kier alpha value is -2.80. The fourth-order valence-electron chi connectivity index (χ4n) is 3.30. The molecule has 2 aromatic carbocycles. The molecule has 0 atom stereocenters. The van der Waals surface area contributed by atoms with E-state index >= 15 is 0 Å². The predicted octanol–water partition coefficient (Wildman–Crippen LogP) is 4.62. The first-order valence-corrected chi connectivity index (χ1v) is 8.78. The van der Waals surface area contributed by atoms with Crippen molar-refractivity contribution in [1.82, 2.24) is 0 Å². The number of amides is 1. The predicted molar refractivity (Wildman–Crippen MR) is 97.5 cm³/mol. The molecule has 25 heavy (non-hydrogen) atoms. The molecule has 0 spiro atoms. The molecule has 1 saturated carbocycles. The molecule has 0 heterocycles. The van der Waals surface area contributed by atoms with Gasteiger partial charge in [-0.2, -0.15) is 5.26 Å². The number of carbonyl (C=O) groups is 1. The number of para-hydroxylation sites is 1. The highest BCUT2D eigenvalue weighted by atomic mass is 16.5. The Morgan fingerprint density at radius 3 is 2.52 bits per heavy atom. The molecule has 0 aromatic heterocycles. The van der Waals surface area contributed by atoms with Crippen molar-refractivity contribution >= 4 is 11.6 Å². The van der Waals surface area contributed by atoms with E-state index < -0.39 is 0 Å². The highest BCUT2D eigenvalue weighted by Gasteiger charge is 2.15. The Balaban J connectivity index is 1.52. The number of hydrogen-bond acceptors (Lipinski definition) is 3. The SMILES string of the molecule is N#Cc1ccccc1NC(=O)COc1ccc(C2CCCCC2)cc1. The molecule has 0 unspecified atom stereocenters. The summed E-state index contributed by atoms with van der Waals surface area (Å²) in [5, 5.41) is 11.7. The molecule has 1 fully saturated rings. The minimum absolute atomic E-state index is 0.0808. The van der Waals surface area contributed by atoms with E-state index in [1.807, 2.05) is 12.1 Å². The maximum absolute atomic E-state index is 12.0. The van der Waals surface area contributed by atoms with E-state index in [2.05, 4.69) is 23.5 Å². The van der Waals surface area contributed by atoms with Crippen LogP contribution in [0.15, 0.2) is 48.5 Å². The van der Waals surface area contributed by atoms with Crippen molar-refractivity contribution in [1.29, 1.82) is 5.26 Å². The van der Waals surface area contributed by atoms with Crippen LogP contribution >= 0.6 is 0 Å². The second kappa shape index (κ2) is 8.34. The van der Waals surface area contributed by atoms with Gasteiger partial charge in [-0.25, -0.2) is 0 Å². The Bertz CT molecular complexity index is 756. The first-order chi connectivity index (χ1) is 12.3. The molecule has 0 radical (unpaired) electrons. The first kappa shape index (κ1) is 17.0. The van der Waals surface area contributed by atoms with E-state index in [0.717, 1.165) is 0 Å². The van der Waals surface area contributed by atoms with Crippen molar-refractivity contribution in [3.63, 3.8) is 0 Å². The number of nitrogens with zero attached hydrogens (tertiary/aromatic N) is 1. The number of hydrogen-bond donors (Lipinski definition) is 1. The Kier molecular flexibility index (Phi) is 5.69. The van der Waals surface area contributed by atoms with Crippen LogP contribution in [0.25, 0.3) is 0 Å². The largest absolute Gasteiger partial charge is 0.484 e. The Morgan fingerprint density at radius 2 is 1.80 bits per heavy atom. The van der Waals surface area contributed by atoms with Crippen LogP contribution in [0, 0.1) is 11.3 Å². The molecule has 128 valence electrons. The summed E-state index contributed by atoms with van der Waals surface area (Å²) >= 11 is 0. The second-order valence-corrected chi connectivity index (χ2v) is 6.40. The average molecular weight is 334 g/mol. The van der Waals surface area contributed by atoms with Crippen molar-refractivity contribution in [3.8, 4) is 11.8 Å². The van der Waals surface area contributed by atoms with Crippen LogP contribution < -0.4 is 10.1 Å². The first-order valence-electron chi connectivity index (χ1n) is 8.78. The second-order valence-electron chi connectivity index (χ2n) is 6.40. The van der Waals surface area contributed by atoms with Crippen molar-refractivity contribution < 1.29 is 9.53 Å². The van der Waals surface area contributed by atoms with Gasteiger partial charge in [0.2, 0.25) is 0 Å². The summed E-state index contributed by atoms with van der Waals surface area (Å²) in [5.41, 5.74) is 2.30. The zero-order chi connectivity index (χ0) is 17.5. The zero-order valence-electron chi connectivity index (χ0n) is 14.2. The minimum Gasteiger partial charge on any atom is -0.484 e. The maximum Gasteiger partial charge on any atom is 0.262 e. The summed E-state index contributed by atoms with van der Waals surface area (Å²) in [6.45, 7) is -0.0808. The standard InChI is InChI=1S/C21H22N2O2/c22-14-18-8-4-5-9-20(18)23-21(24)15-25-19-12-10-17(11-13-19)16-6-2-1-3-7-16/h4-5,8-13,16H,1-3,6-7,15H2,(H,23,24). The van der Waals surface area contributed by atoms with Crippen LogP contribution in [0.2, 0.25) is 0 Å². The van der Waals surface area contributed by atoms with Gasteiger partial charge < -0.3 is 10.1 Å². The fraction of sp³-hybridized carbons (Fsp3) is 0.333. The summed E-state index contributed by atoms with van der Waals surface area (Å²) in [6, 6.07) is 17.0. The third-order valence-corrected chi connectivity index (χ3v) is 4.65. The molecule has 1 N–H and O–H groups in total. The van der Waals surface area contributed by atoms with E-state index in [4.69, 9.17) is 10.00 Å². The van der Waals surface area contributed by atoms with Gasteiger partial charge in [0.05, 0.1) is 11.3 Å². The van der Waals surface area contributed by atoms with Gasteiger partial charge in [0, 0.05) is 0 Å². The van der Waals surface area contributed by atoms with E-state index in [1.54, 1.807) is 24.3 Å². The van der Waals surface area contributed by atoms with Crippen LogP contribution in [0.5, 0.6) is 5.75 Å². The fourth-order valence-corrected chi connectivity index (χ4v) is 3.30. The molecule has 1 amide bonds. The van der Waals surface area contributed by atoms with Crippen molar-refractivity contribution in [2.45, 2.75) is 38.0 Å². The lowest BCUT2D eigenvalue weighted by atomic mass is 9.84. The molecular weight excluding hydrogens is 312 g/mol. The quantitative estimate of drug-likeness (QED) is 0.867. The van der Waals surface area contributed by atoms with Gasteiger partial charge in [0.1, 0.15) is 11.8 Å². The molecule has 4 heteroatoms. The molecule has 1 aliphatic carbocycles. The lowest BCUT2D eigenvalue weighted by molar-refractivity contribution is -0.118. The topological polar surface area (TPSA) is 62.1 Å². The van der Waals surface area contributed by atoms with Gasteiger partial charge in [-0.05, 0) is 48.6 Å². The normalized spacial score (nSPS) is 14.5. The lowest BCUT2D eigenvalue weighted by Crippen LogP contribution is -2.20. The number of anilines is 1. The molecule has 1 aliphatic rings. The summed E-state index contributed by atoms with van der Waals surface area (Å²) < 4.78 is 5.56. The highest BCUT2D eigenvalue weighted by Crippen LogP contribution is 2.33. The summed E-state index contributed by atoms with van der Waals surface area (Å²) in [4.78, 5) is 12.0. The van der Waals surface area contributed by atoms with Gasteiger partial charge >= 0.3 is 0 Å². The number of nitrogens with one attached hydrogen (secondary N) is 1. The smallest absolute Gasteiger partial charge is 0.262 e. The van der Waals surface area contributed by atoms with E-state index in [-0.39, 0.29) is 12.5 Å². The molecular formula is C21H22N2O2. The summed E-state index contributed by atoms with van der Waals surface area (Å²) in [7, 11) is 0. The number of nitriles is 1. The molecule has 4 nitrogen and oxygen atoms in total. The van der Waals surface area contributed by atoms with E-state index in [9.17, 15) is 4.79 Å². The van der Waals surface area contributed by atoms with Gasteiger partial charge in [-0.3, -0.25) is 4.79 Å². The van der Waals surface area contributed by atoms with Crippen LogP contribution in [-0.2, 0) is 4.79 Å². The minimum atomic E-state index is -0.279. The number of carbonyl (C=O) groups excluding carboxylic acids is 1. The number of rotatable bonds is 5. The average Bonchev–Trinajstić information content (AvgIpc) is 2.68. The van der Waals surface area contributed by atoms with Crippen molar-refractivity contribution in [2.24, 2.45) is 0 Å². The van der Waals surface area contributed by atoms with Crippen LogP contribution in [0.3, 0.4) is 0 Å². The summed E-state index contributed by atoms with van der Waals surface area (Å²) in [6.07, 6.45) is 6.50. The summed E-state index contributed by atoms with van der Waals surface area (Å²) in [5.74, 6) is 1.07. The van der Waals surface area contributed by atoms with Gasteiger partial charge in [0.15, 0.2) is 6.61 Å². The van der Waals surface area contributed by atoms with Crippen molar-refractivity contribution in [2.75, 3.05) is 11.9 Å². The Labute approximate surface area is 148 Å². The van der Waals surface area contributed by atoms with Gasteiger partial charge in [0.25, 0.3) is 5.91 Å². The van der Waals surface area contributed by atoms with E-state index in [1.165, 1.54) is 37.7 Å². The van der Waals surface area contributed by atoms with Crippen molar-refractivity contribution in [3.05, 3.63) is 59.7 Å². The molecule has 2 aromatic rings. The molecule has 3 rings (SSSR count). The number of benzene rings is 2. The molecule has 0 bridgehead atoms. The third kappa shape index (κ3) is 4.60. The third-order valence-electron chi connectivity index (χ3n) is 4.65. The van der Waals surface area contributed by atoms with E-state index in [0.29, 0.717) is 22.9 Å². The van der Waals surface area contributed by atoms with Gasteiger partial charge in [-0.15, -0.1) is 0 Å². The van der Waals surface area contributed by atoms with Gasteiger partial charge in [-0.1, -0.05) is 43.5 Å². The monoisotopic (exact) mass is 334 g/mol. The maximum atomic E-state index is 12.0. The Morgan fingerprint density at radius 1 is 1.08 bits per heavy atom. The molecule has 0 aliphatic heterocycles.